The van der Waals surface area contributed by atoms with Crippen LogP contribution in [0.5, 0.6) is 0 Å². The Balaban J connectivity index is 0.992. The predicted octanol–water partition coefficient (Wildman–Crippen LogP) is 18.6. The second-order valence-electron chi connectivity index (χ2n) is 17.9. The third-order valence-electron chi connectivity index (χ3n) is 14.2. The molecule has 13 rings (SSSR count). The molecular formula is C67H45NS. The molecule has 0 fully saturated rings. The van der Waals surface area contributed by atoms with E-state index in [9.17, 15) is 0 Å². The van der Waals surface area contributed by atoms with E-state index in [0.717, 1.165) is 22.6 Å². The standard InChI is InChI=1S/C67H45NS/c1-4-21-47(22-5-1)52-27-10-11-28-53(52)54-29-12-13-30-55(54)58-32-15-18-35-62(58)68(63-36-20-38-65-66(63)59-33-16-19-37-64(59)69-65)51-42-39-46(40-43-51)48-41-44-57-56-31-14-17-34-60(56)67(61(57)45-48,49-23-6-2-7-24-49)50-25-8-3-9-26-50/h1-45H. The number of anilines is 3. The second kappa shape index (κ2) is 16.9. The summed E-state index contributed by atoms with van der Waals surface area (Å²) in [6.07, 6.45) is 0. The van der Waals surface area contributed by atoms with Crippen LogP contribution >= 0.6 is 11.3 Å². The molecule has 0 spiro atoms. The first kappa shape index (κ1) is 40.7. The van der Waals surface area contributed by atoms with Gasteiger partial charge in [-0.05, 0) is 115 Å². The summed E-state index contributed by atoms with van der Waals surface area (Å²) in [5, 5.41) is 2.53. The van der Waals surface area contributed by atoms with Crippen LogP contribution in [0, 0.1) is 0 Å². The first-order chi connectivity index (χ1) is 34.3. The van der Waals surface area contributed by atoms with Gasteiger partial charge in [-0.25, -0.2) is 0 Å². The highest BCUT2D eigenvalue weighted by Crippen LogP contribution is 2.57. The molecule has 1 heterocycles. The molecular weight excluding hydrogens is 851 g/mol. The van der Waals surface area contributed by atoms with E-state index in [1.807, 2.05) is 11.3 Å². The Morgan fingerprint density at radius 3 is 1.49 bits per heavy atom. The predicted molar refractivity (Wildman–Crippen MR) is 293 cm³/mol. The van der Waals surface area contributed by atoms with Crippen molar-refractivity contribution >= 4 is 48.6 Å². The number of para-hydroxylation sites is 1. The van der Waals surface area contributed by atoms with Crippen molar-refractivity contribution in [2.75, 3.05) is 4.90 Å². The minimum Gasteiger partial charge on any atom is -0.309 e. The lowest BCUT2D eigenvalue weighted by molar-refractivity contribution is 0.769. The first-order valence-electron chi connectivity index (χ1n) is 23.8. The fourth-order valence-electron chi connectivity index (χ4n) is 11.2. The van der Waals surface area contributed by atoms with Gasteiger partial charge < -0.3 is 4.90 Å². The van der Waals surface area contributed by atoms with Crippen LogP contribution in [0.1, 0.15) is 22.3 Å². The highest BCUT2D eigenvalue weighted by Gasteiger charge is 2.46. The summed E-state index contributed by atoms with van der Waals surface area (Å²) < 4.78 is 2.55. The molecule has 2 heteroatoms. The maximum absolute atomic E-state index is 2.50. The summed E-state index contributed by atoms with van der Waals surface area (Å²) >= 11 is 1.86. The van der Waals surface area contributed by atoms with Crippen LogP contribution in [-0.4, -0.2) is 0 Å². The van der Waals surface area contributed by atoms with E-state index >= 15 is 0 Å². The number of nitrogens with zero attached hydrogens (tertiary/aromatic N) is 1. The molecule has 1 aliphatic carbocycles. The molecule has 12 aromatic rings. The number of rotatable bonds is 9. The number of fused-ring (bicyclic) bond motifs is 6. The van der Waals surface area contributed by atoms with Crippen LogP contribution in [0.3, 0.4) is 0 Å². The van der Waals surface area contributed by atoms with Crippen LogP contribution in [0.15, 0.2) is 273 Å². The lowest BCUT2D eigenvalue weighted by Crippen LogP contribution is -2.28. The van der Waals surface area contributed by atoms with Gasteiger partial charge in [-0.2, -0.15) is 0 Å². The topological polar surface area (TPSA) is 3.24 Å². The van der Waals surface area contributed by atoms with Gasteiger partial charge in [0.1, 0.15) is 0 Å². The molecule has 69 heavy (non-hydrogen) atoms. The van der Waals surface area contributed by atoms with Gasteiger partial charge in [-0.1, -0.05) is 231 Å². The Labute approximate surface area is 407 Å². The number of hydrogen-bond acceptors (Lipinski definition) is 2. The average Bonchev–Trinajstić information content (AvgIpc) is 3.96. The van der Waals surface area contributed by atoms with Crippen molar-refractivity contribution in [1.82, 2.24) is 0 Å². The fourth-order valence-corrected chi connectivity index (χ4v) is 12.3. The largest absolute Gasteiger partial charge is 0.309 e. The molecule has 0 unspecified atom stereocenters. The third-order valence-corrected chi connectivity index (χ3v) is 15.3. The van der Waals surface area contributed by atoms with Gasteiger partial charge in [-0.3, -0.25) is 0 Å². The van der Waals surface area contributed by atoms with Crippen molar-refractivity contribution in [2.45, 2.75) is 5.41 Å². The lowest BCUT2D eigenvalue weighted by atomic mass is 9.67. The molecule has 0 bridgehead atoms. The zero-order valence-electron chi connectivity index (χ0n) is 37.8. The molecule has 324 valence electrons. The fraction of sp³-hybridized carbons (Fsp3) is 0.0149. The minimum atomic E-state index is -0.467. The molecule has 0 amide bonds. The molecule has 1 aromatic heterocycles. The number of thiophene rings is 1. The van der Waals surface area contributed by atoms with Gasteiger partial charge in [0.25, 0.3) is 0 Å². The van der Waals surface area contributed by atoms with E-state index in [1.165, 1.54) is 92.5 Å². The van der Waals surface area contributed by atoms with Crippen molar-refractivity contribution in [1.29, 1.82) is 0 Å². The summed E-state index contributed by atoms with van der Waals surface area (Å²) in [5.74, 6) is 0. The number of hydrogen-bond donors (Lipinski definition) is 0. The quantitative estimate of drug-likeness (QED) is 0.140. The van der Waals surface area contributed by atoms with Crippen LogP contribution in [0.25, 0.3) is 75.8 Å². The molecule has 0 radical (unpaired) electrons. The van der Waals surface area contributed by atoms with Crippen LogP contribution in [-0.2, 0) is 5.41 Å². The normalized spacial score (nSPS) is 12.5. The highest BCUT2D eigenvalue weighted by atomic mass is 32.1. The van der Waals surface area contributed by atoms with Gasteiger partial charge in [0, 0.05) is 31.4 Å². The van der Waals surface area contributed by atoms with Gasteiger partial charge >= 0.3 is 0 Å². The van der Waals surface area contributed by atoms with E-state index in [4.69, 9.17) is 0 Å². The average molecular weight is 896 g/mol. The lowest BCUT2D eigenvalue weighted by Gasteiger charge is -2.34. The molecule has 0 aliphatic heterocycles. The zero-order valence-corrected chi connectivity index (χ0v) is 38.7. The minimum absolute atomic E-state index is 0.467. The smallest absolute Gasteiger partial charge is 0.0713 e. The monoisotopic (exact) mass is 895 g/mol. The summed E-state index contributed by atoms with van der Waals surface area (Å²) in [6.45, 7) is 0. The third kappa shape index (κ3) is 6.67. The van der Waals surface area contributed by atoms with Crippen molar-refractivity contribution in [3.05, 3.63) is 295 Å². The van der Waals surface area contributed by atoms with Crippen LogP contribution in [0.4, 0.5) is 17.1 Å². The maximum atomic E-state index is 2.50. The molecule has 11 aromatic carbocycles. The summed E-state index contributed by atoms with van der Waals surface area (Å²) in [6, 6.07) is 101. The Bertz CT molecular complexity index is 3790. The van der Waals surface area contributed by atoms with E-state index in [1.54, 1.807) is 0 Å². The Kier molecular flexibility index (Phi) is 10.00. The molecule has 1 nitrogen and oxygen atoms in total. The van der Waals surface area contributed by atoms with Gasteiger partial charge in [-0.15, -0.1) is 11.3 Å². The zero-order chi connectivity index (χ0) is 45.7. The van der Waals surface area contributed by atoms with E-state index < -0.39 is 5.41 Å². The summed E-state index contributed by atoms with van der Waals surface area (Å²) in [5.41, 5.74) is 20.1. The molecule has 1 aliphatic rings. The van der Waals surface area contributed by atoms with Gasteiger partial charge in [0.15, 0.2) is 0 Å². The van der Waals surface area contributed by atoms with Crippen molar-refractivity contribution in [3.63, 3.8) is 0 Å². The van der Waals surface area contributed by atoms with E-state index in [2.05, 4.69) is 278 Å². The van der Waals surface area contributed by atoms with Crippen molar-refractivity contribution in [2.24, 2.45) is 0 Å². The highest BCUT2D eigenvalue weighted by molar-refractivity contribution is 7.26. The molecule has 0 saturated heterocycles. The first-order valence-corrected chi connectivity index (χ1v) is 24.6. The van der Waals surface area contributed by atoms with Crippen LogP contribution in [0.2, 0.25) is 0 Å². The van der Waals surface area contributed by atoms with Gasteiger partial charge in [0.05, 0.1) is 16.8 Å². The SMILES string of the molecule is c1ccc(-c2ccccc2-c2ccccc2-c2ccccc2N(c2ccc(-c3ccc4c(c3)C(c3ccccc3)(c3ccccc3)c3ccccc3-4)cc2)c2cccc3sc4ccccc4c23)cc1. The van der Waals surface area contributed by atoms with Gasteiger partial charge in [0.2, 0.25) is 0 Å². The Morgan fingerprint density at radius 1 is 0.290 bits per heavy atom. The summed E-state index contributed by atoms with van der Waals surface area (Å²) in [7, 11) is 0. The van der Waals surface area contributed by atoms with Crippen molar-refractivity contribution < 1.29 is 0 Å². The Hall–Kier alpha value is -8.56. The molecule has 0 saturated carbocycles. The summed E-state index contributed by atoms with van der Waals surface area (Å²) in [4.78, 5) is 2.50. The maximum Gasteiger partial charge on any atom is 0.0713 e. The second-order valence-corrected chi connectivity index (χ2v) is 19.0. The van der Waals surface area contributed by atoms with E-state index in [-0.39, 0.29) is 0 Å². The Morgan fingerprint density at radius 2 is 0.783 bits per heavy atom. The van der Waals surface area contributed by atoms with Crippen LogP contribution < -0.4 is 4.90 Å². The van der Waals surface area contributed by atoms with Crippen molar-refractivity contribution in [3.8, 4) is 55.6 Å². The molecule has 0 N–H and O–H groups in total. The molecule has 0 atom stereocenters. The number of benzene rings is 11. The van der Waals surface area contributed by atoms with E-state index in [0.29, 0.717) is 0 Å².